The molecule has 0 radical (unpaired) electrons. The first-order chi connectivity index (χ1) is 6.04. The summed E-state index contributed by atoms with van der Waals surface area (Å²) < 4.78 is 26.1. The molecule has 78 valence electrons. The molecule has 0 saturated carbocycles. The zero-order chi connectivity index (χ0) is 10.3. The predicted octanol–water partition coefficient (Wildman–Crippen LogP) is 3.62. The molecule has 4 nitrogen and oxygen atoms in total. The Balaban J connectivity index is 4.24. The minimum absolute atomic E-state index is 0.187. The molecule has 0 aliphatic rings. The van der Waals surface area contributed by atoms with Crippen LogP contribution in [0.25, 0.3) is 0 Å². The van der Waals surface area contributed by atoms with E-state index in [1.807, 2.05) is 0 Å². The summed E-state index contributed by atoms with van der Waals surface area (Å²) >= 11 is 8.30. The Morgan fingerprint density at radius 1 is 1.46 bits per heavy atom. The maximum atomic E-state index is 11.5. The quantitative estimate of drug-likeness (QED) is 0.554. The largest absolute Gasteiger partial charge is 0.529 e. The second-order valence-electron chi connectivity index (χ2n) is 1.80. The third-order valence-electron chi connectivity index (χ3n) is 0.845. The third-order valence-corrected chi connectivity index (χ3v) is 2.63. The van der Waals surface area contributed by atoms with Crippen LogP contribution in [-0.2, 0) is 18.1 Å². The van der Waals surface area contributed by atoms with Crippen molar-refractivity contribution in [3.05, 3.63) is 10.2 Å². The van der Waals surface area contributed by atoms with Crippen LogP contribution in [0.3, 0.4) is 0 Å². The van der Waals surface area contributed by atoms with Crippen LogP contribution in [0.15, 0.2) is 10.2 Å². The number of hydrogen-bond donors (Lipinski definition) is 0. The molecular formula is C6H11BrClO4P. The first-order valence-corrected chi connectivity index (χ1v) is 6.26. The first kappa shape index (κ1) is 13.5. The minimum Gasteiger partial charge on any atom is -0.410 e. The van der Waals surface area contributed by atoms with E-state index in [0.29, 0.717) is 0 Å². The van der Waals surface area contributed by atoms with Crippen molar-refractivity contribution in [2.45, 2.75) is 13.8 Å². The highest BCUT2D eigenvalue weighted by Crippen LogP contribution is 2.49. The van der Waals surface area contributed by atoms with Crippen LogP contribution in [0.1, 0.15) is 13.8 Å². The molecule has 0 amide bonds. The maximum absolute atomic E-state index is 11.5. The highest BCUT2D eigenvalue weighted by atomic mass is 79.9. The molecule has 0 saturated heterocycles. The van der Waals surface area contributed by atoms with E-state index >= 15 is 0 Å². The van der Waals surface area contributed by atoms with Crippen molar-refractivity contribution in [3.8, 4) is 0 Å². The Bertz CT molecular complexity index is 207. The highest BCUT2D eigenvalue weighted by molar-refractivity contribution is 9.12. The summed E-state index contributed by atoms with van der Waals surface area (Å²) in [4.78, 5) is 0. The summed E-state index contributed by atoms with van der Waals surface area (Å²) in [6.45, 7) is 3.86. The third kappa shape index (κ3) is 6.52. The van der Waals surface area contributed by atoms with Crippen molar-refractivity contribution in [1.82, 2.24) is 0 Å². The molecule has 0 aliphatic heterocycles. The summed E-state index contributed by atoms with van der Waals surface area (Å²) in [7, 11) is -3.46. The van der Waals surface area contributed by atoms with Crippen LogP contribution < -0.4 is 0 Å². The van der Waals surface area contributed by atoms with E-state index in [2.05, 4.69) is 15.9 Å². The van der Waals surface area contributed by atoms with Gasteiger partial charge in [0, 0.05) is 0 Å². The molecule has 0 spiro atoms. The monoisotopic (exact) mass is 292 g/mol. The van der Waals surface area contributed by atoms with Gasteiger partial charge in [0.05, 0.1) is 13.2 Å². The maximum Gasteiger partial charge on any atom is 0.529 e. The van der Waals surface area contributed by atoms with Gasteiger partial charge in [-0.2, -0.15) is 0 Å². The fraction of sp³-hybridized carbons (Fsp3) is 0.667. The van der Waals surface area contributed by atoms with Gasteiger partial charge in [0.1, 0.15) is 10.2 Å². The molecule has 0 aliphatic carbocycles. The fourth-order valence-corrected chi connectivity index (χ4v) is 1.93. The Morgan fingerprint density at radius 3 is 2.23 bits per heavy atom. The van der Waals surface area contributed by atoms with E-state index in [0.717, 1.165) is 6.26 Å². The van der Waals surface area contributed by atoms with Crippen LogP contribution in [0, 0.1) is 0 Å². The van der Waals surface area contributed by atoms with Gasteiger partial charge < -0.3 is 4.52 Å². The molecule has 0 bridgehead atoms. The molecule has 0 aromatic rings. The normalized spacial score (nSPS) is 13.1. The van der Waals surface area contributed by atoms with Gasteiger partial charge in [-0.3, -0.25) is 9.05 Å². The van der Waals surface area contributed by atoms with Gasteiger partial charge >= 0.3 is 7.82 Å². The number of halogens is 2. The minimum atomic E-state index is -3.46. The van der Waals surface area contributed by atoms with Crippen LogP contribution in [0.5, 0.6) is 0 Å². The van der Waals surface area contributed by atoms with Crippen molar-refractivity contribution in [1.29, 1.82) is 0 Å². The van der Waals surface area contributed by atoms with E-state index in [9.17, 15) is 4.57 Å². The van der Waals surface area contributed by atoms with Crippen molar-refractivity contribution in [2.24, 2.45) is 0 Å². The molecule has 0 aromatic heterocycles. The lowest BCUT2D eigenvalue weighted by Gasteiger charge is -2.14. The predicted molar refractivity (Wildman–Crippen MR) is 54.8 cm³/mol. The van der Waals surface area contributed by atoms with E-state index < -0.39 is 7.82 Å². The van der Waals surface area contributed by atoms with Crippen LogP contribution in [0.2, 0.25) is 0 Å². The van der Waals surface area contributed by atoms with Crippen molar-refractivity contribution >= 4 is 35.4 Å². The van der Waals surface area contributed by atoms with Crippen molar-refractivity contribution in [3.63, 3.8) is 0 Å². The lowest BCUT2D eigenvalue weighted by Crippen LogP contribution is -1.96. The zero-order valence-corrected chi connectivity index (χ0v) is 10.6. The van der Waals surface area contributed by atoms with Gasteiger partial charge in [-0.15, -0.1) is 0 Å². The van der Waals surface area contributed by atoms with E-state index in [1.165, 1.54) is 0 Å². The molecule has 0 aromatic carbocycles. The lowest BCUT2D eigenvalue weighted by atomic mass is 10.9. The second-order valence-corrected chi connectivity index (χ2v) is 5.14. The molecule has 0 unspecified atom stereocenters. The van der Waals surface area contributed by atoms with Gasteiger partial charge in [0.25, 0.3) is 0 Å². The van der Waals surface area contributed by atoms with Crippen LogP contribution in [0.4, 0.5) is 0 Å². The molecule has 13 heavy (non-hydrogen) atoms. The molecule has 0 rings (SSSR count). The van der Waals surface area contributed by atoms with Gasteiger partial charge in [0.2, 0.25) is 0 Å². The SMILES string of the molecule is CCOP(=O)(OC=C(Cl)Br)OCC. The Labute approximate surface area is 90.9 Å². The lowest BCUT2D eigenvalue weighted by molar-refractivity contribution is 0.154. The van der Waals surface area contributed by atoms with Gasteiger partial charge in [-0.05, 0) is 29.8 Å². The molecular weight excluding hydrogens is 282 g/mol. The van der Waals surface area contributed by atoms with Crippen LogP contribution in [-0.4, -0.2) is 13.2 Å². The number of rotatable bonds is 6. The standard InChI is InChI=1S/C6H11BrClO4P/c1-3-10-13(9,11-4-2)12-5-6(7)8/h5H,3-4H2,1-2H3. The summed E-state index contributed by atoms with van der Waals surface area (Å²) in [5.74, 6) is 0. The molecule has 0 heterocycles. The fourth-order valence-electron chi connectivity index (χ4n) is 0.519. The smallest absolute Gasteiger partial charge is 0.410 e. The van der Waals surface area contributed by atoms with Crippen molar-refractivity contribution < 1.29 is 18.1 Å². The highest BCUT2D eigenvalue weighted by Gasteiger charge is 2.25. The first-order valence-electron chi connectivity index (χ1n) is 3.62. The summed E-state index contributed by atoms with van der Waals surface area (Å²) in [6.07, 6.45) is 1.06. The van der Waals surface area contributed by atoms with Crippen molar-refractivity contribution in [2.75, 3.05) is 13.2 Å². The van der Waals surface area contributed by atoms with Gasteiger partial charge in [-0.25, -0.2) is 4.57 Å². The topological polar surface area (TPSA) is 44.8 Å². The molecule has 0 fully saturated rings. The number of phosphoric acid groups is 1. The van der Waals surface area contributed by atoms with Crippen LogP contribution >= 0.6 is 35.4 Å². The molecule has 0 atom stereocenters. The Morgan fingerprint density at radius 2 is 1.92 bits per heavy atom. The van der Waals surface area contributed by atoms with E-state index in [1.54, 1.807) is 13.8 Å². The van der Waals surface area contributed by atoms with E-state index in [4.69, 9.17) is 25.2 Å². The number of hydrogen-bond acceptors (Lipinski definition) is 4. The van der Waals surface area contributed by atoms with Gasteiger partial charge in [-0.1, -0.05) is 11.6 Å². The summed E-state index contributed by atoms with van der Waals surface area (Å²) in [6, 6.07) is 0. The summed E-state index contributed by atoms with van der Waals surface area (Å²) in [5.41, 5.74) is 0. The molecule has 0 N–H and O–H groups in total. The van der Waals surface area contributed by atoms with E-state index in [-0.39, 0.29) is 17.2 Å². The zero-order valence-electron chi connectivity index (χ0n) is 7.33. The second kappa shape index (κ2) is 6.85. The van der Waals surface area contributed by atoms with Gasteiger partial charge in [0.15, 0.2) is 0 Å². The Kier molecular flexibility index (Phi) is 7.09. The molecule has 7 heteroatoms. The number of phosphoric ester groups is 1. The average Bonchev–Trinajstić information content (AvgIpc) is 2.02. The summed E-state index contributed by atoms with van der Waals surface area (Å²) in [5, 5.41) is 0. The average molecular weight is 293 g/mol. The Hall–Kier alpha value is 0.460.